The summed E-state index contributed by atoms with van der Waals surface area (Å²) in [6.07, 6.45) is 7.10. The highest BCUT2D eigenvalue weighted by molar-refractivity contribution is 7.07. The highest BCUT2D eigenvalue weighted by atomic mass is 32.1. The minimum absolute atomic E-state index is 0.645. The number of nitrogens with one attached hydrogen (secondary N) is 1. The van der Waals surface area contributed by atoms with Gasteiger partial charge in [-0.1, -0.05) is 19.3 Å². The van der Waals surface area contributed by atoms with Crippen molar-refractivity contribution in [1.29, 1.82) is 0 Å². The van der Waals surface area contributed by atoms with E-state index in [2.05, 4.69) is 22.6 Å². The van der Waals surface area contributed by atoms with E-state index in [9.17, 15) is 0 Å². The van der Waals surface area contributed by atoms with Crippen LogP contribution < -0.4 is 5.32 Å². The summed E-state index contributed by atoms with van der Waals surface area (Å²) in [5, 5.41) is 5.72. The Morgan fingerprint density at radius 3 is 2.93 bits per heavy atom. The molecule has 1 aliphatic carbocycles. The SMILES string of the molecule is CC(NCc1cscn1)C1CCCCC1. The Hall–Kier alpha value is -0.410. The quantitative estimate of drug-likeness (QED) is 0.849. The van der Waals surface area contributed by atoms with Gasteiger partial charge >= 0.3 is 0 Å². The zero-order valence-electron chi connectivity index (χ0n) is 9.41. The molecule has 1 N–H and O–H groups in total. The molecule has 15 heavy (non-hydrogen) atoms. The Morgan fingerprint density at radius 1 is 1.47 bits per heavy atom. The van der Waals surface area contributed by atoms with Crippen LogP contribution in [0.2, 0.25) is 0 Å². The molecule has 1 unspecified atom stereocenters. The third-order valence-electron chi connectivity index (χ3n) is 3.45. The summed E-state index contributed by atoms with van der Waals surface area (Å²) in [5.41, 5.74) is 3.09. The summed E-state index contributed by atoms with van der Waals surface area (Å²) in [7, 11) is 0. The van der Waals surface area contributed by atoms with Gasteiger partial charge in [0.05, 0.1) is 11.2 Å². The van der Waals surface area contributed by atoms with Gasteiger partial charge in [-0.05, 0) is 25.7 Å². The zero-order chi connectivity index (χ0) is 10.5. The van der Waals surface area contributed by atoms with Crippen molar-refractivity contribution < 1.29 is 0 Å². The van der Waals surface area contributed by atoms with Crippen LogP contribution in [0.25, 0.3) is 0 Å². The number of hydrogen-bond acceptors (Lipinski definition) is 3. The first-order valence-electron chi connectivity index (χ1n) is 5.96. The normalized spacial score (nSPS) is 20.3. The fraction of sp³-hybridized carbons (Fsp3) is 0.750. The van der Waals surface area contributed by atoms with Crippen molar-refractivity contribution in [3.05, 3.63) is 16.6 Å². The van der Waals surface area contributed by atoms with E-state index in [1.807, 2.05) is 5.51 Å². The molecule has 0 aliphatic heterocycles. The molecule has 1 heterocycles. The monoisotopic (exact) mass is 224 g/mol. The van der Waals surface area contributed by atoms with Gasteiger partial charge in [-0.3, -0.25) is 0 Å². The third kappa shape index (κ3) is 3.28. The lowest BCUT2D eigenvalue weighted by molar-refractivity contribution is 0.280. The number of nitrogens with zero attached hydrogens (tertiary/aromatic N) is 1. The van der Waals surface area contributed by atoms with Crippen LogP contribution in [-0.4, -0.2) is 11.0 Å². The average molecular weight is 224 g/mol. The summed E-state index contributed by atoms with van der Waals surface area (Å²) in [4.78, 5) is 4.29. The molecule has 2 rings (SSSR count). The molecular formula is C12H20N2S. The van der Waals surface area contributed by atoms with Crippen molar-refractivity contribution >= 4 is 11.3 Å². The van der Waals surface area contributed by atoms with Crippen molar-refractivity contribution in [2.75, 3.05) is 0 Å². The average Bonchev–Trinajstić information content (AvgIpc) is 2.80. The molecule has 1 atom stereocenters. The molecule has 0 amide bonds. The lowest BCUT2D eigenvalue weighted by atomic mass is 9.84. The van der Waals surface area contributed by atoms with E-state index in [-0.39, 0.29) is 0 Å². The topological polar surface area (TPSA) is 24.9 Å². The maximum atomic E-state index is 4.29. The maximum absolute atomic E-state index is 4.29. The molecule has 2 nitrogen and oxygen atoms in total. The van der Waals surface area contributed by atoms with Crippen molar-refractivity contribution in [3.8, 4) is 0 Å². The van der Waals surface area contributed by atoms with E-state index in [0.29, 0.717) is 6.04 Å². The first kappa shape index (κ1) is 11.1. The van der Waals surface area contributed by atoms with Crippen molar-refractivity contribution in [3.63, 3.8) is 0 Å². The van der Waals surface area contributed by atoms with Crippen molar-refractivity contribution in [1.82, 2.24) is 10.3 Å². The highest BCUT2D eigenvalue weighted by Gasteiger charge is 2.19. The summed E-state index contributed by atoms with van der Waals surface area (Å²) >= 11 is 1.68. The smallest absolute Gasteiger partial charge is 0.0795 e. The Kier molecular flexibility index (Phi) is 4.15. The summed E-state index contributed by atoms with van der Waals surface area (Å²) in [5.74, 6) is 0.886. The van der Waals surface area contributed by atoms with Gasteiger partial charge in [-0.15, -0.1) is 11.3 Å². The molecule has 3 heteroatoms. The van der Waals surface area contributed by atoms with Gasteiger partial charge in [0.15, 0.2) is 0 Å². The number of thiazole rings is 1. The van der Waals surface area contributed by atoms with Gasteiger partial charge < -0.3 is 5.32 Å². The Bertz CT molecular complexity index is 265. The van der Waals surface area contributed by atoms with Crippen LogP contribution in [-0.2, 0) is 6.54 Å². The van der Waals surface area contributed by atoms with E-state index in [4.69, 9.17) is 0 Å². The predicted octanol–water partition coefficient (Wildman–Crippen LogP) is 3.20. The Labute approximate surface area is 96.1 Å². The fourth-order valence-corrected chi connectivity index (χ4v) is 2.95. The lowest BCUT2D eigenvalue weighted by Crippen LogP contribution is -2.34. The second-order valence-electron chi connectivity index (χ2n) is 4.55. The number of aromatic nitrogens is 1. The maximum Gasteiger partial charge on any atom is 0.0795 e. The second kappa shape index (κ2) is 5.61. The molecule has 84 valence electrons. The largest absolute Gasteiger partial charge is 0.308 e. The van der Waals surface area contributed by atoms with Crippen LogP contribution in [0.4, 0.5) is 0 Å². The minimum atomic E-state index is 0.645. The van der Waals surface area contributed by atoms with Gasteiger partial charge in [-0.25, -0.2) is 4.98 Å². The number of rotatable bonds is 4. The fourth-order valence-electron chi connectivity index (χ4n) is 2.39. The van der Waals surface area contributed by atoms with E-state index < -0.39 is 0 Å². The predicted molar refractivity (Wildman–Crippen MR) is 65.0 cm³/mol. The van der Waals surface area contributed by atoms with E-state index in [1.165, 1.54) is 37.8 Å². The van der Waals surface area contributed by atoms with E-state index >= 15 is 0 Å². The van der Waals surface area contributed by atoms with Gasteiger partial charge in [0.1, 0.15) is 0 Å². The van der Waals surface area contributed by atoms with Crippen LogP contribution in [0.5, 0.6) is 0 Å². The lowest BCUT2D eigenvalue weighted by Gasteiger charge is -2.28. The van der Waals surface area contributed by atoms with Crippen LogP contribution in [0.1, 0.15) is 44.7 Å². The number of hydrogen-bond donors (Lipinski definition) is 1. The molecule has 1 aromatic rings. The standard InChI is InChI=1S/C12H20N2S/c1-10(11-5-3-2-4-6-11)13-7-12-8-15-9-14-12/h8-11,13H,2-7H2,1H3. The summed E-state index contributed by atoms with van der Waals surface area (Å²) in [6.45, 7) is 3.25. The molecule has 1 aliphatic rings. The minimum Gasteiger partial charge on any atom is -0.308 e. The molecular weight excluding hydrogens is 204 g/mol. The van der Waals surface area contributed by atoms with Crippen LogP contribution >= 0.6 is 11.3 Å². The van der Waals surface area contributed by atoms with Crippen molar-refractivity contribution in [2.45, 2.75) is 51.6 Å². The first-order chi connectivity index (χ1) is 7.36. The van der Waals surface area contributed by atoms with Crippen LogP contribution in [0, 0.1) is 5.92 Å². The molecule has 0 saturated heterocycles. The molecule has 1 aromatic heterocycles. The summed E-state index contributed by atoms with van der Waals surface area (Å²) in [6, 6.07) is 0.645. The highest BCUT2D eigenvalue weighted by Crippen LogP contribution is 2.26. The van der Waals surface area contributed by atoms with Crippen LogP contribution in [0.3, 0.4) is 0 Å². The zero-order valence-corrected chi connectivity index (χ0v) is 10.2. The van der Waals surface area contributed by atoms with E-state index in [1.54, 1.807) is 11.3 Å². The second-order valence-corrected chi connectivity index (χ2v) is 5.27. The van der Waals surface area contributed by atoms with Gasteiger partial charge in [0, 0.05) is 18.0 Å². The molecule has 0 aromatic carbocycles. The third-order valence-corrected chi connectivity index (χ3v) is 4.08. The van der Waals surface area contributed by atoms with Crippen LogP contribution in [0.15, 0.2) is 10.9 Å². The molecule has 0 spiro atoms. The van der Waals surface area contributed by atoms with Gasteiger partial charge in [-0.2, -0.15) is 0 Å². The van der Waals surface area contributed by atoms with E-state index in [0.717, 1.165) is 12.5 Å². The van der Waals surface area contributed by atoms with Gasteiger partial charge in [0.2, 0.25) is 0 Å². The van der Waals surface area contributed by atoms with Crippen molar-refractivity contribution in [2.24, 2.45) is 5.92 Å². The molecule has 1 fully saturated rings. The molecule has 0 radical (unpaired) electrons. The molecule has 1 saturated carbocycles. The first-order valence-corrected chi connectivity index (χ1v) is 6.91. The van der Waals surface area contributed by atoms with Gasteiger partial charge in [0.25, 0.3) is 0 Å². The Morgan fingerprint density at radius 2 is 2.27 bits per heavy atom. The molecule has 0 bridgehead atoms. The Balaban J connectivity index is 1.74. The summed E-state index contributed by atoms with van der Waals surface area (Å²) < 4.78 is 0.